The SMILES string of the molecule is CCCCCc1ccc(-c2ccc(C(=O)Oc3ccc(C#N)cc3)cc2)cc1. The van der Waals surface area contributed by atoms with Gasteiger partial charge in [-0.3, -0.25) is 0 Å². The largest absolute Gasteiger partial charge is 0.423 e. The van der Waals surface area contributed by atoms with Crippen LogP contribution in [0.3, 0.4) is 0 Å². The number of nitrogens with zero attached hydrogens (tertiary/aromatic N) is 1. The molecule has 0 unspecified atom stereocenters. The van der Waals surface area contributed by atoms with Crippen molar-refractivity contribution in [2.24, 2.45) is 0 Å². The van der Waals surface area contributed by atoms with Crippen LogP contribution in [0.4, 0.5) is 0 Å². The minimum Gasteiger partial charge on any atom is -0.423 e. The molecule has 0 aromatic heterocycles. The Bertz CT molecular complexity index is 949. The second-order valence-corrected chi connectivity index (χ2v) is 6.76. The Hall–Kier alpha value is -3.38. The predicted octanol–water partition coefficient (Wildman–Crippen LogP) is 6.18. The molecule has 28 heavy (non-hydrogen) atoms. The number of benzene rings is 3. The van der Waals surface area contributed by atoms with E-state index in [1.54, 1.807) is 36.4 Å². The number of nitriles is 1. The van der Waals surface area contributed by atoms with E-state index >= 15 is 0 Å². The Morgan fingerprint density at radius 2 is 1.46 bits per heavy atom. The molecule has 0 heterocycles. The van der Waals surface area contributed by atoms with Gasteiger partial charge in [0.05, 0.1) is 17.2 Å². The highest BCUT2D eigenvalue weighted by Crippen LogP contribution is 2.22. The lowest BCUT2D eigenvalue weighted by Crippen LogP contribution is -2.08. The summed E-state index contributed by atoms with van der Waals surface area (Å²) in [5.74, 6) is 0.00858. The van der Waals surface area contributed by atoms with Gasteiger partial charge in [-0.2, -0.15) is 5.26 Å². The number of ether oxygens (including phenoxy) is 1. The molecule has 0 saturated carbocycles. The Morgan fingerprint density at radius 3 is 2.04 bits per heavy atom. The summed E-state index contributed by atoms with van der Waals surface area (Å²) in [5.41, 5.74) is 4.57. The molecule has 0 bridgehead atoms. The van der Waals surface area contributed by atoms with Crippen molar-refractivity contribution in [1.82, 2.24) is 0 Å². The van der Waals surface area contributed by atoms with Crippen LogP contribution in [0.5, 0.6) is 5.75 Å². The van der Waals surface area contributed by atoms with Crippen LogP contribution >= 0.6 is 0 Å². The summed E-state index contributed by atoms with van der Waals surface area (Å²) in [6, 6.07) is 24.5. The monoisotopic (exact) mass is 369 g/mol. The Morgan fingerprint density at radius 1 is 0.857 bits per heavy atom. The van der Waals surface area contributed by atoms with Gasteiger partial charge in [-0.05, 0) is 65.9 Å². The van der Waals surface area contributed by atoms with Crippen molar-refractivity contribution in [2.75, 3.05) is 0 Å². The summed E-state index contributed by atoms with van der Waals surface area (Å²) in [5, 5.41) is 8.81. The van der Waals surface area contributed by atoms with Crippen LogP contribution in [0.25, 0.3) is 11.1 Å². The first kappa shape index (κ1) is 19.4. The molecule has 0 N–H and O–H groups in total. The average molecular weight is 369 g/mol. The highest BCUT2D eigenvalue weighted by molar-refractivity contribution is 5.91. The van der Waals surface area contributed by atoms with Crippen molar-refractivity contribution < 1.29 is 9.53 Å². The van der Waals surface area contributed by atoms with E-state index in [0.29, 0.717) is 16.9 Å². The molecule has 3 rings (SSSR count). The molecule has 0 aliphatic rings. The summed E-state index contributed by atoms with van der Waals surface area (Å²) in [6.07, 6.45) is 4.85. The molecule has 0 fully saturated rings. The van der Waals surface area contributed by atoms with Crippen LogP contribution in [0, 0.1) is 11.3 Å². The Labute approximate surface area is 166 Å². The van der Waals surface area contributed by atoms with E-state index in [0.717, 1.165) is 17.5 Å². The van der Waals surface area contributed by atoms with Gasteiger partial charge in [-0.25, -0.2) is 4.79 Å². The topological polar surface area (TPSA) is 50.1 Å². The Balaban J connectivity index is 1.63. The number of carbonyl (C=O) groups excluding carboxylic acids is 1. The van der Waals surface area contributed by atoms with Gasteiger partial charge in [0.25, 0.3) is 0 Å². The van der Waals surface area contributed by atoms with Gasteiger partial charge in [0.1, 0.15) is 5.75 Å². The molecule has 0 radical (unpaired) electrons. The predicted molar refractivity (Wildman–Crippen MR) is 111 cm³/mol. The third-order valence-corrected chi connectivity index (χ3v) is 4.67. The van der Waals surface area contributed by atoms with Gasteiger partial charge in [0, 0.05) is 0 Å². The zero-order valence-electron chi connectivity index (χ0n) is 16.0. The van der Waals surface area contributed by atoms with Crippen LogP contribution < -0.4 is 4.74 Å². The maximum atomic E-state index is 12.3. The smallest absolute Gasteiger partial charge is 0.343 e. The summed E-state index contributed by atoms with van der Waals surface area (Å²) in [6.45, 7) is 2.22. The third kappa shape index (κ3) is 5.08. The highest BCUT2D eigenvalue weighted by atomic mass is 16.5. The molecule has 0 saturated heterocycles. The second kappa shape index (κ2) is 9.53. The standard InChI is InChI=1S/C25H23NO2/c1-2-3-4-5-19-6-10-21(11-7-19)22-12-14-23(15-13-22)25(27)28-24-16-8-20(18-26)9-17-24/h6-17H,2-5H2,1H3. The van der Waals surface area contributed by atoms with E-state index in [-0.39, 0.29) is 0 Å². The summed E-state index contributed by atoms with van der Waals surface area (Å²) in [4.78, 5) is 12.3. The number of hydrogen-bond donors (Lipinski definition) is 0. The molecule has 3 aromatic rings. The van der Waals surface area contributed by atoms with Crippen molar-refractivity contribution in [3.63, 3.8) is 0 Å². The number of esters is 1. The molecule has 0 spiro atoms. The molecule has 3 nitrogen and oxygen atoms in total. The fourth-order valence-corrected chi connectivity index (χ4v) is 3.01. The molecule has 3 heteroatoms. The quantitative estimate of drug-likeness (QED) is 0.284. The normalized spacial score (nSPS) is 10.3. The Kier molecular flexibility index (Phi) is 6.59. The fourth-order valence-electron chi connectivity index (χ4n) is 3.01. The van der Waals surface area contributed by atoms with Crippen LogP contribution in [-0.2, 0) is 6.42 Å². The first-order valence-corrected chi connectivity index (χ1v) is 9.61. The lowest BCUT2D eigenvalue weighted by molar-refractivity contribution is 0.0735. The molecule has 0 aliphatic carbocycles. The number of rotatable bonds is 7. The first-order valence-electron chi connectivity index (χ1n) is 9.61. The van der Waals surface area contributed by atoms with Crippen molar-refractivity contribution in [1.29, 1.82) is 5.26 Å². The van der Waals surface area contributed by atoms with Gasteiger partial charge < -0.3 is 4.74 Å². The van der Waals surface area contributed by atoms with Crippen molar-refractivity contribution in [3.05, 3.63) is 89.5 Å². The van der Waals surface area contributed by atoms with Crippen LogP contribution in [0.15, 0.2) is 72.8 Å². The highest BCUT2D eigenvalue weighted by Gasteiger charge is 2.09. The molecule has 0 atom stereocenters. The fraction of sp³-hybridized carbons (Fsp3) is 0.200. The molecular formula is C25H23NO2. The maximum Gasteiger partial charge on any atom is 0.343 e. The van der Waals surface area contributed by atoms with Crippen molar-refractivity contribution in [2.45, 2.75) is 32.6 Å². The number of hydrogen-bond acceptors (Lipinski definition) is 3. The van der Waals surface area contributed by atoms with Gasteiger partial charge in [-0.1, -0.05) is 56.2 Å². The molecule has 0 amide bonds. The average Bonchev–Trinajstić information content (AvgIpc) is 2.75. The lowest BCUT2D eigenvalue weighted by atomic mass is 10.0. The van der Waals surface area contributed by atoms with Gasteiger partial charge in [0.2, 0.25) is 0 Å². The molecule has 140 valence electrons. The van der Waals surface area contributed by atoms with E-state index in [2.05, 4.69) is 31.2 Å². The number of unbranched alkanes of at least 4 members (excludes halogenated alkanes) is 2. The second-order valence-electron chi connectivity index (χ2n) is 6.76. The molecule has 0 aliphatic heterocycles. The first-order chi connectivity index (χ1) is 13.7. The van der Waals surface area contributed by atoms with E-state index in [9.17, 15) is 4.79 Å². The summed E-state index contributed by atoms with van der Waals surface area (Å²) in [7, 11) is 0. The van der Waals surface area contributed by atoms with Crippen LogP contribution in [-0.4, -0.2) is 5.97 Å². The van der Waals surface area contributed by atoms with E-state index in [1.165, 1.54) is 24.8 Å². The number of aryl methyl sites for hydroxylation is 1. The number of carbonyl (C=O) groups is 1. The van der Waals surface area contributed by atoms with E-state index in [4.69, 9.17) is 10.00 Å². The van der Waals surface area contributed by atoms with Crippen LogP contribution in [0.1, 0.15) is 47.7 Å². The maximum absolute atomic E-state index is 12.3. The zero-order chi connectivity index (χ0) is 19.8. The minimum atomic E-state index is -0.414. The van der Waals surface area contributed by atoms with E-state index in [1.807, 2.05) is 18.2 Å². The van der Waals surface area contributed by atoms with Gasteiger partial charge in [0.15, 0.2) is 0 Å². The van der Waals surface area contributed by atoms with Gasteiger partial charge in [-0.15, -0.1) is 0 Å². The summed E-state index contributed by atoms with van der Waals surface area (Å²) < 4.78 is 5.36. The van der Waals surface area contributed by atoms with E-state index < -0.39 is 5.97 Å². The molecule has 3 aromatic carbocycles. The third-order valence-electron chi connectivity index (χ3n) is 4.67. The van der Waals surface area contributed by atoms with Crippen LogP contribution in [0.2, 0.25) is 0 Å². The summed E-state index contributed by atoms with van der Waals surface area (Å²) >= 11 is 0. The zero-order valence-corrected chi connectivity index (χ0v) is 16.0. The lowest BCUT2D eigenvalue weighted by Gasteiger charge is -2.07. The minimum absolute atomic E-state index is 0.414. The molecular weight excluding hydrogens is 346 g/mol. The van der Waals surface area contributed by atoms with Crippen molar-refractivity contribution >= 4 is 5.97 Å². The van der Waals surface area contributed by atoms with Crippen molar-refractivity contribution in [3.8, 4) is 22.9 Å². The van der Waals surface area contributed by atoms with Gasteiger partial charge >= 0.3 is 5.97 Å².